The van der Waals surface area contributed by atoms with E-state index in [1.165, 1.54) is 18.5 Å². The van der Waals surface area contributed by atoms with Gasteiger partial charge in [-0.25, -0.2) is 4.98 Å². The molecule has 0 saturated heterocycles. The number of rotatable bonds is 10. The Kier molecular flexibility index (Phi) is 5.82. The first-order valence-electron chi connectivity index (χ1n) is 7.12. The summed E-state index contributed by atoms with van der Waals surface area (Å²) in [4.78, 5) is 4.39. The Morgan fingerprint density at radius 2 is 2.21 bits per heavy atom. The van der Waals surface area contributed by atoms with Crippen LogP contribution in [0.15, 0.2) is 6.20 Å². The SMILES string of the molecule is COCCCOCCn1c(CNC2CC2)cnc1C. The molecule has 1 saturated carbocycles. The predicted molar refractivity (Wildman–Crippen MR) is 74.1 cm³/mol. The van der Waals surface area contributed by atoms with Crippen LogP contribution in [0.2, 0.25) is 0 Å². The van der Waals surface area contributed by atoms with Gasteiger partial charge in [0.05, 0.1) is 12.3 Å². The molecule has 1 aromatic heterocycles. The van der Waals surface area contributed by atoms with E-state index < -0.39 is 0 Å². The van der Waals surface area contributed by atoms with E-state index in [1.54, 1.807) is 7.11 Å². The van der Waals surface area contributed by atoms with Crippen molar-refractivity contribution in [2.24, 2.45) is 0 Å². The molecule has 0 aromatic carbocycles. The Labute approximate surface area is 115 Å². The van der Waals surface area contributed by atoms with E-state index in [2.05, 4.69) is 14.9 Å². The minimum absolute atomic E-state index is 0.731. The van der Waals surface area contributed by atoms with Crippen molar-refractivity contribution in [1.29, 1.82) is 0 Å². The third kappa shape index (κ3) is 4.93. The molecular formula is C14H25N3O2. The fraction of sp³-hybridized carbons (Fsp3) is 0.786. The van der Waals surface area contributed by atoms with E-state index in [-0.39, 0.29) is 0 Å². The molecule has 0 radical (unpaired) electrons. The number of methoxy groups -OCH3 is 1. The fourth-order valence-electron chi connectivity index (χ4n) is 2.06. The number of imidazole rings is 1. The summed E-state index contributed by atoms with van der Waals surface area (Å²) in [6.45, 7) is 6.09. The number of hydrogen-bond donors (Lipinski definition) is 1. The lowest BCUT2D eigenvalue weighted by molar-refractivity contribution is 0.0970. The van der Waals surface area contributed by atoms with Gasteiger partial charge in [-0.3, -0.25) is 0 Å². The first-order chi connectivity index (χ1) is 9.31. The highest BCUT2D eigenvalue weighted by Crippen LogP contribution is 2.19. The third-order valence-corrected chi connectivity index (χ3v) is 3.38. The standard InChI is InChI=1S/C14H25N3O2/c1-12-15-10-14(11-16-13-4-5-13)17(12)6-9-19-8-3-7-18-2/h10,13,16H,3-9,11H2,1-2H3. The zero-order chi connectivity index (χ0) is 13.5. The van der Waals surface area contributed by atoms with Gasteiger partial charge in [0, 0.05) is 45.7 Å². The van der Waals surface area contributed by atoms with Crippen LogP contribution in [-0.2, 0) is 22.6 Å². The highest BCUT2D eigenvalue weighted by Gasteiger charge is 2.20. The first-order valence-corrected chi connectivity index (χ1v) is 7.12. The molecule has 0 spiro atoms. The molecule has 2 rings (SSSR count). The van der Waals surface area contributed by atoms with Crippen LogP contribution in [0.4, 0.5) is 0 Å². The molecule has 0 atom stereocenters. The second-order valence-electron chi connectivity index (χ2n) is 5.06. The molecule has 108 valence electrons. The molecule has 0 amide bonds. The summed E-state index contributed by atoms with van der Waals surface area (Å²) in [5.74, 6) is 1.06. The maximum atomic E-state index is 5.61. The summed E-state index contributed by atoms with van der Waals surface area (Å²) in [5, 5.41) is 3.53. The Bertz CT molecular complexity index is 375. The van der Waals surface area contributed by atoms with Crippen LogP contribution in [0.25, 0.3) is 0 Å². The van der Waals surface area contributed by atoms with Crippen molar-refractivity contribution in [3.05, 3.63) is 17.7 Å². The van der Waals surface area contributed by atoms with Gasteiger partial charge in [0.2, 0.25) is 0 Å². The number of aromatic nitrogens is 2. The molecular weight excluding hydrogens is 242 g/mol. The molecule has 0 bridgehead atoms. The largest absolute Gasteiger partial charge is 0.385 e. The van der Waals surface area contributed by atoms with E-state index in [0.29, 0.717) is 0 Å². The van der Waals surface area contributed by atoms with E-state index in [0.717, 1.165) is 51.2 Å². The van der Waals surface area contributed by atoms with Gasteiger partial charge < -0.3 is 19.4 Å². The Balaban J connectivity index is 1.69. The topological polar surface area (TPSA) is 48.3 Å². The van der Waals surface area contributed by atoms with Crippen molar-refractivity contribution < 1.29 is 9.47 Å². The van der Waals surface area contributed by atoms with Gasteiger partial charge in [0.25, 0.3) is 0 Å². The van der Waals surface area contributed by atoms with Gasteiger partial charge >= 0.3 is 0 Å². The minimum Gasteiger partial charge on any atom is -0.385 e. The van der Waals surface area contributed by atoms with Crippen molar-refractivity contribution in [1.82, 2.24) is 14.9 Å². The number of nitrogens with one attached hydrogen (secondary N) is 1. The summed E-state index contributed by atoms with van der Waals surface area (Å²) in [5.41, 5.74) is 1.25. The van der Waals surface area contributed by atoms with Crippen LogP contribution >= 0.6 is 0 Å². The third-order valence-electron chi connectivity index (χ3n) is 3.38. The molecule has 5 nitrogen and oxygen atoms in total. The van der Waals surface area contributed by atoms with Crippen LogP contribution in [0.5, 0.6) is 0 Å². The normalized spacial score (nSPS) is 15.1. The molecule has 5 heteroatoms. The predicted octanol–water partition coefficient (Wildman–Crippen LogP) is 1.50. The summed E-state index contributed by atoms with van der Waals surface area (Å²) < 4.78 is 12.8. The lowest BCUT2D eigenvalue weighted by Crippen LogP contribution is -2.19. The lowest BCUT2D eigenvalue weighted by atomic mass is 10.4. The van der Waals surface area contributed by atoms with Crippen molar-refractivity contribution in [2.45, 2.75) is 45.3 Å². The molecule has 1 aromatic rings. The molecule has 0 unspecified atom stereocenters. The Morgan fingerprint density at radius 1 is 1.37 bits per heavy atom. The van der Waals surface area contributed by atoms with Crippen molar-refractivity contribution >= 4 is 0 Å². The van der Waals surface area contributed by atoms with Gasteiger partial charge in [-0.2, -0.15) is 0 Å². The van der Waals surface area contributed by atoms with Crippen LogP contribution < -0.4 is 5.32 Å². The highest BCUT2D eigenvalue weighted by atomic mass is 16.5. The number of hydrogen-bond acceptors (Lipinski definition) is 4. The van der Waals surface area contributed by atoms with Gasteiger partial charge in [0.1, 0.15) is 5.82 Å². The monoisotopic (exact) mass is 267 g/mol. The molecule has 1 heterocycles. The Morgan fingerprint density at radius 3 is 2.95 bits per heavy atom. The van der Waals surface area contributed by atoms with Crippen LogP contribution in [-0.4, -0.2) is 42.5 Å². The highest BCUT2D eigenvalue weighted by molar-refractivity contribution is 5.05. The zero-order valence-corrected chi connectivity index (χ0v) is 12.0. The second-order valence-corrected chi connectivity index (χ2v) is 5.06. The van der Waals surface area contributed by atoms with Crippen LogP contribution in [0.3, 0.4) is 0 Å². The summed E-state index contributed by atoms with van der Waals surface area (Å²) >= 11 is 0. The number of nitrogens with zero attached hydrogens (tertiary/aromatic N) is 2. The van der Waals surface area contributed by atoms with Gasteiger partial charge in [0.15, 0.2) is 0 Å². The lowest BCUT2D eigenvalue weighted by Gasteiger charge is -2.11. The molecule has 1 fully saturated rings. The van der Waals surface area contributed by atoms with Crippen LogP contribution in [0, 0.1) is 6.92 Å². The number of aryl methyl sites for hydroxylation is 1. The summed E-state index contributed by atoms with van der Waals surface area (Å²) in [6.07, 6.45) is 5.55. The summed E-state index contributed by atoms with van der Waals surface area (Å²) in [6, 6.07) is 0.731. The van der Waals surface area contributed by atoms with Gasteiger partial charge in [-0.05, 0) is 26.2 Å². The minimum atomic E-state index is 0.731. The van der Waals surface area contributed by atoms with Gasteiger partial charge in [-0.1, -0.05) is 0 Å². The molecule has 0 aliphatic heterocycles. The van der Waals surface area contributed by atoms with Crippen molar-refractivity contribution in [3.63, 3.8) is 0 Å². The Hall–Kier alpha value is -0.910. The average Bonchev–Trinajstić information content (AvgIpc) is 3.17. The zero-order valence-electron chi connectivity index (χ0n) is 12.0. The molecule has 19 heavy (non-hydrogen) atoms. The van der Waals surface area contributed by atoms with Crippen molar-refractivity contribution in [3.8, 4) is 0 Å². The second kappa shape index (κ2) is 7.62. The maximum Gasteiger partial charge on any atom is 0.105 e. The molecule has 1 N–H and O–H groups in total. The maximum absolute atomic E-state index is 5.61. The van der Waals surface area contributed by atoms with Crippen molar-refractivity contribution in [2.75, 3.05) is 26.9 Å². The molecule has 1 aliphatic rings. The van der Waals surface area contributed by atoms with Crippen LogP contribution in [0.1, 0.15) is 30.8 Å². The molecule has 1 aliphatic carbocycles. The smallest absolute Gasteiger partial charge is 0.105 e. The average molecular weight is 267 g/mol. The van der Waals surface area contributed by atoms with E-state index in [1.807, 2.05) is 13.1 Å². The van der Waals surface area contributed by atoms with E-state index in [9.17, 15) is 0 Å². The quantitative estimate of drug-likeness (QED) is 0.653. The summed E-state index contributed by atoms with van der Waals surface area (Å²) in [7, 11) is 1.72. The number of ether oxygens (including phenoxy) is 2. The van der Waals surface area contributed by atoms with E-state index >= 15 is 0 Å². The fourth-order valence-corrected chi connectivity index (χ4v) is 2.06. The van der Waals surface area contributed by atoms with E-state index in [4.69, 9.17) is 9.47 Å². The first kappa shape index (κ1) is 14.5. The van der Waals surface area contributed by atoms with Gasteiger partial charge in [-0.15, -0.1) is 0 Å².